The average molecular weight is 384 g/mol. The Morgan fingerprint density at radius 1 is 1.08 bits per heavy atom. The number of hydrogen-bond donors (Lipinski definition) is 3. The zero-order chi connectivity index (χ0) is 18.1. The fourth-order valence-corrected chi connectivity index (χ4v) is 3.52. The van der Waals surface area contributed by atoms with Crippen LogP contribution in [0, 0.1) is 6.92 Å². The summed E-state index contributed by atoms with van der Waals surface area (Å²) in [6.45, 7) is 2.05. The molecule has 0 saturated heterocycles. The summed E-state index contributed by atoms with van der Waals surface area (Å²) in [7, 11) is 0. The molecule has 130 valence electrons. The molecule has 0 aliphatic carbocycles. The number of fused-ring (bicyclic) bond motifs is 1. The molecule has 0 fully saturated rings. The lowest BCUT2D eigenvalue weighted by atomic mass is 10.2. The molecule has 0 aliphatic rings. The van der Waals surface area contributed by atoms with Gasteiger partial charge in [0.05, 0.1) is 15.9 Å². The van der Waals surface area contributed by atoms with E-state index in [1.807, 2.05) is 12.1 Å². The lowest BCUT2D eigenvalue weighted by Crippen LogP contribution is -2.05. The van der Waals surface area contributed by atoms with Crippen LogP contribution in [0.4, 0.5) is 28.1 Å². The highest BCUT2D eigenvalue weighted by Gasteiger charge is 2.12. The second kappa shape index (κ2) is 6.74. The lowest BCUT2D eigenvalue weighted by molar-refractivity contribution is 1.17. The zero-order valence-corrected chi connectivity index (χ0v) is 15.3. The SMILES string of the molecule is Cc1ccc2nc(Nc3ncnc(Nc4cccnc4Cl)c3N)sc2c1. The normalized spacial score (nSPS) is 10.8. The molecular weight excluding hydrogens is 370 g/mol. The highest BCUT2D eigenvalue weighted by Crippen LogP contribution is 2.33. The number of nitrogens with zero attached hydrogens (tertiary/aromatic N) is 4. The zero-order valence-electron chi connectivity index (χ0n) is 13.7. The van der Waals surface area contributed by atoms with Gasteiger partial charge in [-0.2, -0.15) is 0 Å². The van der Waals surface area contributed by atoms with Gasteiger partial charge < -0.3 is 16.4 Å². The molecule has 0 saturated carbocycles. The van der Waals surface area contributed by atoms with Crippen LogP contribution in [-0.4, -0.2) is 19.9 Å². The molecule has 4 rings (SSSR count). The molecular formula is C17H14ClN7S. The van der Waals surface area contributed by atoms with Crippen molar-refractivity contribution in [1.82, 2.24) is 19.9 Å². The maximum atomic E-state index is 6.21. The highest BCUT2D eigenvalue weighted by molar-refractivity contribution is 7.22. The molecule has 3 heterocycles. The van der Waals surface area contributed by atoms with Crippen LogP contribution in [0.15, 0.2) is 42.9 Å². The van der Waals surface area contributed by atoms with Crippen molar-refractivity contribution in [3.63, 3.8) is 0 Å². The van der Waals surface area contributed by atoms with Gasteiger partial charge in [0.2, 0.25) is 0 Å². The van der Waals surface area contributed by atoms with Gasteiger partial charge in [-0.05, 0) is 36.8 Å². The summed E-state index contributed by atoms with van der Waals surface area (Å²) in [5.41, 5.74) is 9.30. The maximum absolute atomic E-state index is 6.21. The van der Waals surface area contributed by atoms with E-state index in [1.165, 1.54) is 23.2 Å². The number of nitrogens with one attached hydrogen (secondary N) is 2. The van der Waals surface area contributed by atoms with Gasteiger partial charge in [-0.15, -0.1) is 0 Å². The van der Waals surface area contributed by atoms with Gasteiger partial charge in [0.25, 0.3) is 0 Å². The van der Waals surface area contributed by atoms with E-state index in [-0.39, 0.29) is 0 Å². The van der Waals surface area contributed by atoms with Crippen molar-refractivity contribution in [3.8, 4) is 0 Å². The van der Waals surface area contributed by atoms with E-state index in [0.29, 0.717) is 33.3 Å². The number of benzene rings is 1. The van der Waals surface area contributed by atoms with Crippen LogP contribution in [0.2, 0.25) is 5.15 Å². The van der Waals surface area contributed by atoms with Crippen LogP contribution < -0.4 is 16.4 Å². The topological polar surface area (TPSA) is 102 Å². The molecule has 1 aromatic carbocycles. The number of thiazole rings is 1. The molecule has 9 heteroatoms. The van der Waals surface area contributed by atoms with Crippen LogP contribution in [0.1, 0.15) is 5.56 Å². The highest BCUT2D eigenvalue weighted by atomic mass is 35.5. The van der Waals surface area contributed by atoms with Crippen molar-refractivity contribution in [2.45, 2.75) is 6.92 Å². The van der Waals surface area contributed by atoms with E-state index in [2.05, 4.69) is 43.6 Å². The molecule has 0 spiro atoms. The summed E-state index contributed by atoms with van der Waals surface area (Å²) in [6, 6.07) is 9.68. The first-order chi connectivity index (χ1) is 12.6. The smallest absolute Gasteiger partial charge is 0.189 e. The predicted octanol–water partition coefficient (Wildman–Crippen LogP) is 4.51. The van der Waals surface area contributed by atoms with E-state index in [4.69, 9.17) is 17.3 Å². The van der Waals surface area contributed by atoms with Crippen LogP contribution in [0.3, 0.4) is 0 Å². The fourth-order valence-electron chi connectivity index (χ4n) is 2.39. The minimum absolute atomic E-state index is 0.335. The van der Waals surface area contributed by atoms with Crippen molar-refractivity contribution >= 4 is 61.3 Å². The Labute approximate surface area is 158 Å². The number of nitrogen functional groups attached to an aromatic ring is 1. The molecule has 0 radical (unpaired) electrons. The van der Waals surface area contributed by atoms with Gasteiger partial charge in [0.1, 0.15) is 12.0 Å². The Morgan fingerprint density at radius 2 is 1.88 bits per heavy atom. The Kier molecular flexibility index (Phi) is 4.27. The number of nitrogens with two attached hydrogens (primary N) is 1. The summed E-state index contributed by atoms with van der Waals surface area (Å²) in [6.07, 6.45) is 3.03. The fraction of sp³-hybridized carbons (Fsp3) is 0.0588. The van der Waals surface area contributed by atoms with Gasteiger partial charge in [0, 0.05) is 6.20 Å². The van der Waals surface area contributed by atoms with E-state index < -0.39 is 0 Å². The monoisotopic (exact) mass is 383 g/mol. The molecule has 4 N–H and O–H groups in total. The minimum Gasteiger partial charge on any atom is -0.393 e. The number of aryl methyl sites for hydroxylation is 1. The first-order valence-corrected chi connectivity index (χ1v) is 8.92. The first-order valence-electron chi connectivity index (χ1n) is 7.72. The molecule has 26 heavy (non-hydrogen) atoms. The number of pyridine rings is 1. The number of anilines is 5. The molecule has 0 bridgehead atoms. The Bertz CT molecular complexity index is 1100. The van der Waals surface area contributed by atoms with Crippen LogP contribution >= 0.6 is 22.9 Å². The van der Waals surface area contributed by atoms with Crippen LogP contribution in [0.25, 0.3) is 10.2 Å². The van der Waals surface area contributed by atoms with Crippen molar-refractivity contribution in [2.24, 2.45) is 0 Å². The standard InChI is InChI=1S/C17H14ClN7S/c1-9-4-5-10-12(7-9)26-17(24-10)25-16-13(19)15(21-8-22-16)23-11-3-2-6-20-14(11)18/h2-8H,19H2,1H3,(H2,21,22,23,24,25). The number of halogens is 1. The molecule has 0 amide bonds. The van der Waals surface area contributed by atoms with Crippen molar-refractivity contribution in [1.29, 1.82) is 0 Å². The minimum atomic E-state index is 0.335. The lowest BCUT2D eigenvalue weighted by Gasteiger charge is -2.11. The number of aromatic nitrogens is 4. The summed E-state index contributed by atoms with van der Waals surface area (Å²) >= 11 is 7.61. The molecule has 0 aliphatic heterocycles. The third kappa shape index (κ3) is 3.24. The number of rotatable bonds is 4. The summed E-state index contributed by atoms with van der Waals surface area (Å²) in [5, 5.41) is 7.28. The predicted molar refractivity (Wildman–Crippen MR) is 107 cm³/mol. The Balaban J connectivity index is 1.63. The van der Waals surface area contributed by atoms with Crippen molar-refractivity contribution in [3.05, 3.63) is 53.6 Å². The van der Waals surface area contributed by atoms with E-state index >= 15 is 0 Å². The van der Waals surface area contributed by atoms with Gasteiger partial charge in [-0.1, -0.05) is 29.0 Å². The summed E-state index contributed by atoms with van der Waals surface area (Å²) in [5.74, 6) is 0.910. The van der Waals surface area contributed by atoms with E-state index in [9.17, 15) is 0 Å². The van der Waals surface area contributed by atoms with Gasteiger partial charge >= 0.3 is 0 Å². The summed E-state index contributed by atoms with van der Waals surface area (Å²) < 4.78 is 1.10. The average Bonchev–Trinajstić information content (AvgIpc) is 3.01. The largest absolute Gasteiger partial charge is 0.393 e. The van der Waals surface area contributed by atoms with Crippen LogP contribution in [0.5, 0.6) is 0 Å². The van der Waals surface area contributed by atoms with Crippen molar-refractivity contribution < 1.29 is 0 Å². The van der Waals surface area contributed by atoms with Crippen molar-refractivity contribution in [2.75, 3.05) is 16.4 Å². The molecule has 7 nitrogen and oxygen atoms in total. The van der Waals surface area contributed by atoms with Gasteiger partial charge in [-0.3, -0.25) is 0 Å². The van der Waals surface area contributed by atoms with Gasteiger partial charge in [-0.25, -0.2) is 19.9 Å². The Hall–Kier alpha value is -2.97. The second-order valence-corrected chi connectivity index (χ2v) is 6.96. The van der Waals surface area contributed by atoms with E-state index in [1.54, 1.807) is 18.3 Å². The number of hydrogen-bond acceptors (Lipinski definition) is 8. The molecule has 4 aromatic rings. The maximum Gasteiger partial charge on any atom is 0.189 e. The Morgan fingerprint density at radius 3 is 2.69 bits per heavy atom. The molecule has 0 atom stereocenters. The quantitative estimate of drug-likeness (QED) is 0.445. The van der Waals surface area contributed by atoms with E-state index in [0.717, 1.165) is 10.2 Å². The summed E-state index contributed by atoms with van der Waals surface area (Å²) in [4.78, 5) is 17.0. The van der Waals surface area contributed by atoms with Gasteiger partial charge in [0.15, 0.2) is 21.9 Å². The van der Waals surface area contributed by atoms with Crippen LogP contribution in [-0.2, 0) is 0 Å². The second-order valence-electron chi connectivity index (χ2n) is 5.57. The third-order valence-corrected chi connectivity index (χ3v) is 4.90. The molecule has 3 aromatic heterocycles. The first kappa shape index (κ1) is 16.5. The molecule has 0 unspecified atom stereocenters. The third-order valence-electron chi connectivity index (χ3n) is 3.67.